The van der Waals surface area contributed by atoms with E-state index in [2.05, 4.69) is 0 Å². The number of nitrogens with zero attached hydrogens (tertiary/aromatic N) is 1. The van der Waals surface area contributed by atoms with Gasteiger partial charge in [0, 0.05) is 0 Å². The van der Waals surface area contributed by atoms with E-state index in [1.54, 1.807) is 0 Å². The average Bonchev–Trinajstić information content (AvgIpc) is 2.02. The summed E-state index contributed by atoms with van der Waals surface area (Å²) in [6.45, 7) is 2.00. The molecule has 76 valence electrons. The molecular formula is C11H16N2O. The second kappa shape index (κ2) is 4.24. The highest BCUT2D eigenvalue weighted by molar-refractivity contribution is 5.81. The SMILES string of the molecule is Cc1cccc(C(C(N)=O)N(C)C)c1. The van der Waals surface area contributed by atoms with Gasteiger partial charge >= 0.3 is 0 Å². The number of rotatable bonds is 3. The number of carbonyl (C=O) groups is 1. The van der Waals surface area contributed by atoms with E-state index in [0.717, 1.165) is 11.1 Å². The minimum absolute atomic E-state index is 0.319. The molecule has 14 heavy (non-hydrogen) atoms. The third kappa shape index (κ3) is 2.33. The zero-order chi connectivity index (χ0) is 10.7. The lowest BCUT2D eigenvalue weighted by molar-refractivity contribution is -0.122. The molecule has 1 atom stereocenters. The van der Waals surface area contributed by atoms with Crippen molar-refractivity contribution in [1.82, 2.24) is 4.90 Å². The largest absolute Gasteiger partial charge is 0.368 e. The van der Waals surface area contributed by atoms with E-state index in [1.165, 1.54) is 0 Å². The molecule has 0 spiro atoms. The Morgan fingerprint density at radius 3 is 2.50 bits per heavy atom. The van der Waals surface area contributed by atoms with Crippen molar-refractivity contribution in [2.75, 3.05) is 14.1 Å². The molecule has 0 radical (unpaired) electrons. The Kier molecular flexibility index (Phi) is 3.25. The Balaban J connectivity index is 3.05. The predicted molar refractivity (Wildman–Crippen MR) is 56.8 cm³/mol. The van der Waals surface area contributed by atoms with Crippen molar-refractivity contribution in [1.29, 1.82) is 0 Å². The maximum atomic E-state index is 11.2. The van der Waals surface area contributed by atoms with E-state index < -0.39 is 0 Å². The molecule has 0 fully saturated rings. The fourth-order valence-corrected chi connectivity index (χ4v) is 1.56. The zero-order valence-corrected chi connectivity index (χ0v) is 8.82. The Morgan fingerprint density at radius 1 is 1.43 bits per heavy atom. The lowest BCUT2D eigenvalue weighted by Gasteiger charge is -2.21. The van der Waals surface area contributed by atoms with Crippen LogP contribution in [0.2, 0.25) is 0 Å². The van der Waals surface area contributed by atoms with E-state index in [9.17, 15) is 4.79 Å². The molecule has 0 aromatic heterocycles. The molecule has 3 heteroatoms. The number of nitrogens with two attached hydrogens (primary N) is 1. The molecule has 0 saturated carbocycles. The third-order valence-corrected chi connectivity index (χ3v) is 2.14. The van der Waals surface area contributed by atoms with Crippen molar-refractivity contribution in [2.45, 2.75) is 13.0 Å². The zero-order valence-electron chi connectivity index (χ0n) is 8.82. The molecule has 1 rings (SSSR count). The van der Waals surface area contributed by atoms with Crippen LogP contribution in [0.15, 0.2) is 24.3 Å². The van der Waals surface area contributed by atoms with Crippen LogP contribution in [0.25, 0.3) is 0 Å². The van der Waals surface area contributed by atoms with Crippen LogP contribution >= 0.6 is 0 Å². The van der Waals surface area contributed by atoms with Gasteiger partial charge in [-0.25, -0.2) is 0 Å². The first-order chi connectivity index (χ1) is 6.52. The maximum Gasteiger partial charge on any atom is 0.239 e. The van der Waals surface area contributed by atoms with Gasteiger partial charge in [0.1, 0.15) is 6.04 Å². The number of hydrogen-bond acceptors (Lipinski definition) is 2. The molecule has 3 nitrogen and oxygen atoms in total. The Labute approximate surface area is 84.5 Å². The van der Waals surface area contributed by atoms with Gasteiger partial charge < -0.3 is 5.73 Å². The van der Waals surface area contributed by atoms with Gasteiger partial charge in [0.2, 0.25) is 5.91 Å². The van der Waals surface area contributed by atoms with Crippen molar-refractivity contribution in [3.63, 3.8) is 0 Å². The molecule has 0 aliphatic heterocycles. The molecule has 1 aromatic carbocycles. The molecule has 0 heterocycles. The minimum atomic E-state index is -0.338. The second-order valence-electron chi connectivity index (χ2n) is 3.68. The Bertz CT molecular complexity index is 334. The first kappa shape index (κ1) is 10.7. The van der Waals surface area contributed by atoms with Crippen molar-refractivity contribution in [3.05, 3.63) is 35.4 Å². The average molecular weight is 192 g/mol. The van der Waals surface area contributed by atoms with Gasteiger partial charge in [0.15, 0.2) is 0 Å². The van der Waals surface area contributed by atoms with Crippen LogP contribution < -0.4 is 5.73 Å². The Hall–Kier alpha value is -1.35. The fraction of sp³-hybridized carbons (Fsp3) is 0.364. The number of aryl methyl sites for hydroxylation is 1. The van der Waals surface area contributed by atoms with Gasteiger partial charge in [-0.15, -0.1) is 0 Å². The van der Waals surface area contributed by atoms with Crippen LogP contribution in [-0.2, 0) is 4.79 Å². The van der Waals surface area contributed by atoms with E-state index in [4.69, 9.17) is 5.73 Å². The third-order valence-electron chi connectivity index (χ3n) is 2.14. The normalized spacial score (nSPS) is 12.9. The molecule has 0 aliphatic carbocycles. The van der Waals surface area contributed by atoms with Crippen molar-refractivity contribution >= 4 is 5.91 Å². The fourth-order valence-electron chi connectivity index (χ4n) is 1.56. The molecule has 0 bridgehead atoms. The molecule has 0 aliphatic rings. The summed E-state index contributed by atoms with van der Waals surface area (Å²) in [5, 5.41) is 0. The predicted octanol–water partition coefficient (Wildman–Crippen LogP) is 1.08. The summed E-state index contributed by atoms with van der Waals surface area (Å²) in [4.78, 5) is 13.0. The van der Waals surface area contributed by atoms with Gasteiger partial charge in [0.25, 0.3) is 0 Å². The minimum Gasteiger partial charge on any atom is -0.368 e. The summed E-state index contributed by atoms with van der Waals surface area (Å²) in [5.74, 6) is -0.319. The molecule has 1 amide bonds. The number of hydrogen-bond donors (Lipinski definition) is 1. The number of benzene rings is 1. The first-order valence-electron chi connectivity index (χ1n) is 4.54. The summed E-state index contributed by atoms with van der Waals surface area (Å²) in [5.41, 5.74) is 7.42. The topological polar surface area (TPSA) is 46.3 Å². The van der Waals surface area contributed by atoms with E-state index in [-0.39, 0.29) is 11.9 Å². The summed E-state index contributed by atoms with van der Waals surface area (Å²) in [6, 6.07) is 7.49. The molecule has 1 aromatic rings. The number of amides is 1. The van der Waals surface area contributed by atoms with Crippen LogP contribution in [0.4, 0.5) is 0 Å². The summed E-state index contributed by atoms with van der Waals surface area (Å²) >= 11 is 0. The van der Waals surface area contributed by atoms with Crippen molar-refractivity contribution in [2.24, 2.45) is 5.73 Å². The van der Waals surface area contributed by atoms with Gasteiger partial charge in [-0.3, -0.25) is 9.69 Å². The van der Waals surface area contributed by atoms with E-state index in [0.29, 0.717) is 0 Å². The lowest BCUT2D eigenvalue weighted by Crippen LogP contribution is -2.32. The van der Waals surface area contributed by atoms with Crippen molar-refractivity contribution < 1.29 is 4.79 Å². The summed E-state index contributed by atoms with van der Waals surface area (Å²) in [6.07, 6.45) is 0. The van der Waals surface area contributed by atoms with Gasteiger partial charge in [0.05, 0.1) is 0 Å². The second-order valence-corrected chi connectivity index (χ2v) is 3.68. The van der Waals surface area contributed by atoms with Crippen LogP contribution in [0.3, 0.4) is 0 Å². The van der Waals surface area contributed by atoms with E-state index >= 15 is 0 Å². The number of primary amides is 1. The summed E-state index contributed by atoms with van der Waals surface area (Å²) in [7, 11) is 3.69. The molecular weight excluding hydrogens is 176 g/mol. The molecule has 0 saturated heterocycles. The monoisotopic (exact) mass is 192 g/mol. The maximum absolute atomic E-state index is 11.2. The van der Waals surface area contributed by atoms with Crippen LogP contribution in [0, 0.1) is 6.92 Å². The smallest absolute Gasteiger partial charge is 0.239 e. The standard InChI is InChI=1S/C11H16N2O/c1-8-5-4-6-9(7-8)10(11(12)14)13(2)3/h4-7,10H,1-3H3,(H2,12,14). The highest BCUT2D eigenvalue weighted by atomic mass is 16.1. The lowest BCUT2D eigenvalue weighted by atomic mass is 10.0. The van der Waals surface area contributed by atoms with Crippen LogP contribution in [-0.4, -0.2) is 24.9 Å². The molecule has 1 unspecified atom stereocenters. The quantitative estimate of drug-likeness (QED) is 0.779. The number of likely N-dealkylation sites (N-methyl/N-ethyl adjacent to an activating group) is 1. The molecule has 2 N–H and O–H groups in total. The number of carbonyl (C=O) groups excluding carboxylic acids is 1. The Morgan fingerprint density at radius 2 is 2.07 bits per heavy atom. The van der Waals surface area contributed by atoms with Gasteiger partial charge in [-0.1, -0.05) is 29.8 Å². The van der Waals surface area contributed by atoms with Crippen LogP contribution in [0.1, 0.15) is 17.2 Å². The van der Waals surface area contributed by atoms with Crippen LogP contribution in [0.5, 0.6) is 0 Å². The van der Waals surface area contributed by atoms with E-state index in [1.807, 2.05) is 50.2 Å². The highest BCUT2D eigenvalue weighted by Crippen LogP contribution is 2.18. The van der Waals surface area contributed by atoms with Crippen molar-refractivity contribution in [3.8, 4) is 0 Å². The van der Waals surface area contributed by atoms with Gasteiger partial charge in [-0.2, -0.15) is 0 Å². The van der Waals surface area contributed by atoms with Gasteiger partial charge in [-0.05, 0) is 26.6 Å². The highest BCUT2D eigenvalue weighted by Gasteiger charge is 2.19. The summed E-state index contributed by atoms with van der Waals surface area (Å²) < 4.78 is 0. The first-order valence-corrected chi connectivity index (χ1v) is 4.54.